The Hall–Kier alpha value is -0.870. The topological polar surface area (TPSA) is 9.23 Å². The van der Waals surface area contributed by atoms with Gasteiger partial charge in [-0.3, -0.25) is 0 Å². The fourth-order valence-electron chi connectivity index (χ4n) is 1.90. The minimum atomic E-state index is -0.270. The average Bonchev–Trinajstić information content (AvgIpc) is 2.41. The van der Waals surface area contributed by atoms with Gasteiger partial charge in [0.05, 0.1) is 16.4 Å². The van der Waals surface area contributed by atoms with Crippen molar-refractivity contribution in [1.82, 2.24) is 0 Å². The van der Waals surface area contributed by atoms with Gasteiger partial charge in [-0.2, -0.15) is 0 Å². The minimum Gasteiger partial charge on any atom is -0.496 e. The van der Waals surface area contributed by atoms with Crippen molar-refractivity contribution in [2.24, 2.45) is 0 Å². The van der Waals surface area contributed by atoms with Crippen molar-refractivity contribution in [2.45, 2.75) is 11.8 Å². The van der Waals surface area contributed by atoms with Crippen molar-refractivity contribution in [3.63, 3.8) is 0 Å². The highest BCUT2D eigenvalue weighted by Crippen LogP contribution is 2.37. The van der Waals surface area contributed by atoms with Crippen LogP contribution < -0.4 is 4.74 Å². The van der Waals surface area contributed by atoms with E-state index in [1.165, 1.54) is 6.07 Å². The van der Waals surface area contributed by atoms with E-state index in [1.807, 2.05) is 31.2 Å². The van der Waals surface area contributed by atoms with Crippen LogP contribution >= 0.6 is 31.9 Å². The number of aryl methyl sites for hydroxylation is 1. The van der Waals surface area contributed by atoms with Crippen LogP contribution in [0.2, 0.25) is 0 Å². The molecule has 0 amide bonds. The highest BCUT2D eigenvalue weighted by atomic mass is 79.9. The molecule has 0 heterocycles. The molecule has 0 aliphatic heterocycles. The molecule has 0 radical (unpaired) electrons. The average molecular weight is 388 g/mol. The molecule has 4 heteroatoms. The van der Waals surface area contributed by atoms with Crippen molar-refractivity contribution < 1.29 is 9.13 Å². The Kier molecular flexibility index (Phi) is 4.63. The Morgan fingerprint density at radius 2 is 1.89 bits per heavy atom. The van der Waals surface area contributed by atoms with Gasteiger partial charge in [0, 0.05) is 5.56 Å². The molecule has 0 N–H and O–H groups in total. The number of rotatable bonds is 3. The van der Waals surface area contributed by atoms with Gasteiger partial charge < -0.3 is 4.74 Å². The summed E-state index contributed by atoms with van der Waals surface area (Å²) in [7, 11) is 1.63. The van der Waals surface area contributed by atoms with Crippen molar-refractivity contribution in [1.29, 1.82) is 0 Å². The molecule has 0 aliphatic carbocycles. The van der Waals surface area contributed by atoms with E-state index in [1.54, 1.807) is 13.2 Å². The van der Waals surface area contributed by atoms with Gasteiger partial charge in [-0.1, -0.05) is 39.7 Å². The molecule has 19 heavy (non-hydrogen) atoms. The van der Waals surface area contributed by atoms with E-state index in [2.05, 4.69) is 31.9 Å². The summed E-state index contributed by atoms with van der Waals surface area (Å²) in [5.41, 5.74) is 2.98. The maximum absolute atomic E-state index is 13.6. The predicted molar refractivity (Wildman–Crippen MR) is 82.6 cm³/mol. The predicted octanol–water partition coefficient (Wildman–Crippen LogP) is 5.39. The number of methoxy groups -OCH3 is 1. The third-order valence-electron chi connectivity index (χ3n) is 2.89. The zero-order valence-electron chi connectivity index (χ0n) is 10.6. The minimum absolute atomic E-state index is 0.107. The van der Waals surface area contributed by atoms with E-state index in [9.17, 15) is 4.39 Å². The fraction of sp³-hybridized carbons (Fsp3) is 0.200. The standard InChI is InChI=1S/C15H13Br2FO/c1-9-3-6-14(19-2)11(7-9)15(17)10-4-5-12(16)13(18)8-10/h3-8,15H,1-2H3. The first-order valence-corrected chi connectivity index (χ1v) is 7.47. The van der Waals surface area contributed by atoms with Crippen LogP contribution in [0.4, 0.5) is 4.39 Å². The first-order valence-electron chi connectivity index (χ1n) is 5.76. The molecule has 0 aliphatic rings. The van der Waals surface area contributed by atoms with Gasteiger partial charge in [0.15, 0.2) is 0 Å². The van der Waals surface area contributed by atoms with Gasteiger partial charge in [-0.25, -0.2) is 4.39 Å². The summed E-state index contributed by atoms with van der Waals surface area (Å²) >= 11 is 6.78. The molecule has 2 aromatic carbocycles. The second-order valence-electron chi connectivity index (χ2n) is 4.28. The third kappa shape index (κ3) is 3.18. The van der Waals surface area contributed by atoms with E-state index in [-0.39, 0.29) is 10.6 Å². The second-order valence-corrected chi connectivity index (χ2v) is 6.05. The van der Waals surface area contributed by atoms with Gasteiger partial charge in [-0.15, -0.1) is 0 Å². The fourth-order valence-corrected chi connectivity index (χ4v) is 2.79. The Bertz CT molecular complexity index is 599. The zero-order valence-corrected chi connectivity index (χ0v) is 13.8. The summed E-state index contributed by atoms with van der Waals surface area (Å²) in [5, 5.41) is 0. The summed E-state index contributed by atoms with van der Waals surface area (Å²) in [6, 6.07) is 11.1. The first kappa shape index (κ1) is 14.5. The number of halogens is 3. The monoisotopic (exact) mass is 386 g/mol. The third-order valence-corrected chi connectivity index (χ3v) is 4.56. The molecule has 1 unspecified atom stereocenters. The molecule has 0 fully saturated rings. The number of ether oxygens (including phenoxy) is 1. The lowest BCUT2D eigenvalue weighted by Gasteiger charge is -2.16. The molecular formula is C15H13Br2FO. The summed E-state index contributed by atoms with van der Waals surface area (Å²) in [6.07, 6.45) is 0. The Labute approximate surface area is 129 Å². The SMILES string of the molecule is COc1ccc(C)cc1C(Br)c1ccc(Br)c(F)c1. The number of benzene rings is 2. The van der Waals surface area contributed by atoms with E-state index in [0.29, 0.717) is 4.47 Å². The first-order chi connectivity index (χ1) is 9.02. The van der Waals surface area contributed by atoms with Crippen LogP contribution in [0.3, 0.4) is 0 Å². The highest BCUT2D eigenvalue weighted by Gasteiger charge is 2.16. The lowest BCUT2D eigenvalue weighted by Crippen LogP contribution is -1.98. The summed E-state index contributed by atoms with van der Waals surface area (Å²) in [6.45, 7) is 2.02. The lowest BCUT2D eigenvalue weighted by molar-refractivity contribution is 0.410. The molecule has 2 aromatic rings. The van der Waals surface area contributed by atoms with Crippen LogP contribution in [-0.4, -0.2) is 7.11 Å². The van der Waals surface area contributed by atoms with E-state index >= 15 is 0 Å². The van der Waals surface area contributed by atoms with E-state index in [0.717, 1.165) is 22.4 Å². The van der Waals surface area contributed by atoms with E-state index in [4.69, 9.17) is 4.74 Å². The quantitative estimate of drug-likeness (QED) is 0.641. The van der Waals surface area contributed by atoms with E-state index < -0.39 is 0 Å². The van der Waals surface area contributed by atoms with Gasteiger partial charge in [0.1, 0.15) is 11.6 Å². The maximum Gasteiger partial charge on any atom is 0.137 e. The lowest BCUT2D eigenvalue weighted by atomic mass is 10.0. The van der Waals surface area contributed by atoms with Crippen molar-refractivity contribution in [2.75, 3.05) is 7.11 Å². The zero-order chi connectivity index (χ0) is 14.0. The Morgan fingerprint density at radius 3 is 2.53 bits per heavy atom. The summed E-state index contributed by atoms with van der Waals surface area (Å²) < 4.78 is 19.4. The molecule has 2 rings (SSSR count). The molecular weight excluding hydrogens is 375 g/mol. The van der Waals surface area contributed by atoms with Crippen molar-refractivity contribution in [3.05, 3.63) is 63.4 Å². The molecule has 0 saturated heterocycles. The van der Waals surface area contributed by atoms with Crippen molar-refractivity contribution in [3.8, 4) is 5.75 Å². The van der Waals surface area contributed by atoms with Crippen LogP contribution in [-0.2, 0) is 0 Å². The molecule has 100 valence electrons. The van der Waals surface area contributed by atoms with Gasteiger partial charge >= 0.3 is 0 Å². The van der Waals surface area contributed by atoms with Crippen LogP contribution in [0.1, 0.15) is 21.5 Å². The van der Waals surface area contributed by atoms with Crippen molar-refractivity contribution >= 4 is 31.9 Å². The highest BCUT2D eigenvalue weighted by molar-refractivity contribution is 9.10. The van der Waals surface area contributed by atoms with Crippen LogP contribution in [0.15, 0.2) is 40.9 Å². The molecule has 0 saturated carbocycles. The normalized spacial score (nSPS) is 12.3. The van der Waals surface area contributed by atoms with Crippen LogP contribution in [0.5, 0.6) is 5.75 Å². The largest absolute Gasteiger partial charge is 0.496 e. The molecule has 0 aromatic heterocycles. The van der Waals surface area contributed by atoms with Crippen LogP contribution in [0, 0.1) is 12.7 Å². The van der Waals surface area contributed by atoms with Gasteiger partial charge in [0.2, 0.25) is 0 Å². The summed E-state index contributed by atoms with van der Waals surface area (Å²) in [4.78, 5) is -0.107. The molecule has 0 spiro atoms. The Balaban J connectivity index is 2.45. The summed E-state index contributed by atoms with van der Waals surface area (Å²) in [5.74, 6) is 0.518. The smallest absolute Gasteiger partial charge is 0.137 e. The Morgan fingerprint density at radius 1 is 1.16 bits per heavy atom. The maximum atomic E-state index is 13.6. The van der Waals surface area contributed by atoms with Gasteiger partial charge in [-0.05, 0) is 46.6 Å². The second kappa shape index (κ2) is 6.06. The molecule has 0 bridgehead atoms. The molecule has 1 nitrogen and oxygen atoms in total. The number of hydrogen-bond acceptors (Lipinski definition) is 1. The number of hydrogen-bond donors (Lipinski definition) is 0. The number of alkyl halides is 1. The molecule has 1 atom stereocenters. The van der Waals surface area contributed by atoms with Gasteiger partial charge in [0.25, 0.3) is 0 Å². The van der Waals surface area contributed by atoms with Crippen LogP contribution in [0.25, 0.3) is 0 Å².